The van der Waals surface area contributed by atoms with Crippen molar-refractivity contribution in [3.63, 3.8) is 0 Å². The smallest absolute Gasteiger partial charge is 0.258 e. The van der Waals surface area contributed by atoms with E-state index < -0.39 is 0 Å². The van der Waals surface area contributed by atoms with Crippen molar-refractivity contribution < 1.29 is 9.26 Å². The van der Waals surface area contributed by atoms with Crippen molar-refractivity contribution in [3.8, 4) is 11.5 Å². The average Bonchev–Trinajstić information content (AvgIpc) is 3.18. The molecule has 98 valence electrons. The van der Waals surface area contributed by atoms with Gasteiger partial charge in [-0.05, 0) is 36.1 Å². The van der Waals surface area contributed by atoms with Gasteiger partial charge in [-0.2, -0.15) is 4.98 Å². The predicted octanol–water partition coefficient (Wildman–Crippen LogP) is 2.19. The van der Waals surface area contributed by atoms with Gasteiger partial charge < -0.3 is 14.6 Å². The number of nitrogens with one attached hydrogen (secondary N) is 1. The molecule has 1 saturated heterocycles. The Morgan fingerprint density at radius 3 is 3.05 bits per heavy atom. The third kappa shape index (κ3) is 1.95. The van der Waals surface area contributed by atoms with Gasteiger partial charge in [-0.25, -0.2) is 0 Å². The standard InChI is InChI=1S/C14H15N3O2/c1-2-12(18-5-1)13-16-14(19-17-13)9-3-4-10-7-15-8-11(10)6-9/h3-4,6,12,15H,1-2,5,7-8H2. The number of nitrogens with zero attached hydrogens (tertiary/aromatic N) is 2. The Bertz CT molecular complexity index is 602. The fourth-order valence-corrected chi connectivity index (χ4v) is 2.69. The highest BCUT2D eigenvalue weighted by Gasteiger charge is 2.23. The molecule has 2 aliphatic rings. The number of hydrogen-bond acceptors (Lipinski definition) is 5. The van der Waals surface area contributed by atoms with Crippen LogP contribution in [-0.4, -0.2) is 16.7 Å². The molecule has 0 bridgehead atoms. The Morgan fingerprint density at radius 2 is 2.16 bits per heavy atom. The average molecular weight is 257 g/mol. The first-order valence-electron chi connectivity index (χ1n) is 6.68. The summed E-state index contributed by atoms with van der Waals surface area (Å²) >= 11 is 0. The van der Waals surface area contributed by atoms with E-state index in [1.165, 1.54) is 11.1 Å². The van der Waals surface area contributed by atoms with Crippen LogP contribution in [0.5, 0.6) is 0 Å². The lowest BCUT2D eigenvalue weighted by Crippen LogP contribution is -1.99. The van der Waals surface area contributed by atoms with E-state index in [1.807, 2.05) is 6.07 Å². The molecule has 19 heavy (non-hydrogen) atoms. The van der Waals surface area contributed by atoms with Crippen LogP contribution in [0.1, 0.15) is 35.9 Å². The highest BCUT2D eigenvalue weighted by Crippen LogP contribution is 2.29. The fourth-order valence-electron chi connectivity index (χ4n) is 2.69. The molecular formula is C14H15N3O2. The summed E-state index contributed by atoms with van der Waals surface area (Å²) < 4.78 is 10.9. The molecule has 0 aliphatic carbocycles. The predicted molar refractivity (Wildman–Crippen MR) is 68.2 cm³/mol. The van der Waals surface area contributed by atoms with E-state index in [2.05, 4.69) is 27.6 Å². The van der Waals surface area contributed by atoms with Crippen LogP contribution in [0, 0.1) is 0 Å². The molecule has 0 spiro atoms. The monoisotopic (exact) mass is 257 g/mol. The van der Waals surface area contributed by atoms with E-state index in [-0.39, 0.29) is 6.10 Å². The van der Waals surface area contributed by atoms with Crippen LogP contribution in [0.3, 0.4) is 0 Å². The van der Waals surface area contributed by atoms with Gasteiger partial charge in [-0.15, -0.1) is 0 Å². The molecule has 0 radical (unpaired) electrons. The zero-order valence-corrected chi connectivity index (χ0v) is 10.6. The lowest BCUT2D eigenvalue weighted by molar-refractivity contribution is 0.103. The normalized spacial score (nSPS) is 21.8. The minimum absolute atomic E-state index is 0.00796. The van der Waals surface area contributed by atoms with Gasteiger partial charge in [0, 0.05) is 25.3 Å². The summed E-state index contributed by atoms with van der Waals surface area (Å²) in [5, 5.41) is 7.37. The van der Waals surface area contributed by atoms with Crippen molar-refractivity contribution in [1.29, 1.82) is 0 Å². The van der Waals surface area contributed by atoms with E-state index in [4.69, 9.17) is 9.26 Å². The van der Waals surface area contributed by atoms with Gasteiger partial charge >= 0.3 is 0 Å². The highest BCUT2D eigenvalue weighted by atomic mass is 16.5. The van der Waals surface area contributed by atoms with Crippen molar-refractivity contribution in [2.75, 3.05) is 6.61 Å². The van der Waals surface area contributed by atoms with E-state index in [1.54, 1.807) is 0 Å². The molecule has 0 saturated carbocycles. The molecule has 5 nitrogen and oxygen atoms in total. The zero-order chi connectivity index (χ0) is 12.7. The van der Waals surface area contributed by atoms with Crippen molar-refractivity contribution in [2.45, 2.75) is 32.0 Å². The number of hydrogen-bond donors (Lipinski definition) is 1. The Kier molecular flexibility index (Phi) is 2.60. The summed E-state index contributed by atoms with van der Waals surface area (Å²) in [6.07, 6.45) is 2.06. The van der Waals surface area contributed by atoms with Crippen molar-refractivity contribution >= 4 is 0 Å². The van der Waals surface area contributed by atoms with Gasteiger partial charge in [0.25, 0.3) is 5.89 Å². The lowest BCUT2D eigenvalue weighted by Gasteiger charge is -2.01. The Balaban J connectivity index is 1.65. The molecule has 0 amide bonds. The van der Waals surface area contributed by atoms with E-state index in [9.17, 15) is 0 Å². The maximum Gasteiger partial charge on any atom is 0.258 e. The van der Waals surface area contributed by atoms with Crippen LogP contribution < -0.4 is 5.32 Å². The summed E-state index contributed by atoms with van der Waals surface area (Å²) in [6, 6.07) is 6.29. The number of rotatable bonds is 2. The quantitative estimate of drug-likeness (QED) is 0.893. The molecule has 1 aromatic heterocycles. The van der Waals surface area contributed by atoms with Crippen molar-refractivity contribution in [1.82, 2.24) is 15.5 Å². The SMILES string of the molecule is c1cc2c(cc1-c1nc(C3CCCO3)no1)CNC2. The highest BCUT2D eigenvalue weighted by molar-refractivity contribution is 5.56. The summed E-state index contributed by atoms with van der Waals surface area (Å²) in [6.45, 7) is 2.65. The third-order valence-electron chi connectivity index (χ3n) is 3.74. The number of ether oxygens (including phenoxy) is 1. The first-order valence-corrected chi connectivity index (χ1v) is 6.68. The van der Waals surface area contributed by atoms with Gasteiger partial charge in [0.1, 0.15) is 6.10 Å². The minimum atomic E-state index is 0.00796. The summed E-state index contributed by atoms with van der Waals surface area (Å²) in [5.41, 5.74) is 3.65. The van der Waals surface area contributed by atoms with Crippen molar-refractivity contribution in [2.24, 2.45) is 0 Å². The van der Waals surface area contributed by atoms with Gasteiger partial charge in [-0.3, -0.25) is 0 Å². The van der Waals surface area contributed by atoms with Crippen LogP contribution in [0.15, 0.2) is 22.7 Å². The van der Waals surface area contributed by atoms with Crippen LogP contribution >= 0.6 is 0 Å². The van der Waals surface area contributed by atoms with Gasteiger partial charge in [0.05, 0.1) is 0 Å². The Morgan fingerprint density at radius 1 is 1.21 bits per heavy atom. The van der Waals surface area contributed by atoms with Crippen molar-refractivity contribution in [3.05, 3.63) is 35.2 Å². The third-order valence-corrected chi connectivity index (χ3v) is 3.74. The van der Waals surface area contributed by atoms with Gasteiger partial charge in [0.15, 0.2) is 0 Å². The number of fused-ring (bicyclic) bond motifs is 1. The largest absolute Gasteiger partial charge is 0.370 e. The molecular weight excluding hydrogens is 242 g/mol. The topological polar surface area (TPSA) is 60.2 Å². The molecule has 1 unspecified atom stereocenters. The first-order chi connectivity index (χ1) is 9.40. The maximum absolute atomic E-state index is 5.57. The van der Waals surface area contributed by atoms with Crippen LogP contribution in [0.25, 0.3) is 11.5 Å². The van der Waals surface area contributed by atoms with E-state index in [0.29, 0.717) is 11.7 Å². The number of benzene rings is 1. The molecule has 2 aromatic rings. The minimum Gasteiger partial charge on any atom is -0.370 e. The molecule has 5 heteroatoms. The van der Waals surface area contributed by atoms with Crippen LogP contribution in [0.4, 0.5) is 0 Å². The van der Waals surface area contributed by atoms with E-state index in [0.717, 1.165) is 38.1 Å². The second-order valence-corrected chi connectivity index (χ2v) is 5.05. The zero-order valence-electron chi connectivity index (χ0n) is 10.6. The second-order valence-electron chi connectivity index (χ2n) is 5.05. The van der Waals surface area contributed by atoms with Crippen LogP contribution in [-0.2, 0) is 17.8 Å². The molecule has 1 fully saturated rings. The van der Waals surface area contributed by atoms with Gasteiger partial charge in [0.2, 0.25) is 5.82 Å². The van der Waals surface area contributed by atoms with Crippen LogP contribution in [0.2, 0.25) is 0 Å². The molecule has 1 aromatic carbocycles. The Labute approximate surface area is 111 Å². The second kappa shape index (κ2) is 4.43. The number of aromatic nitrogens is 2. The molecule has 1 atom stereocenters. The lowest BCUT2D eigenvalue weighted by atomic mass is 10.1. The molecule has 1 N–H and O–H groups in total. The molecule has 2 aliphatic heterocycles. The maximum atomic E-state index is 5.57. The van der Waals surface area contributed by atoms with E-state index >= 15 is 0 Å². The summed E-state index contributed by atoms with van der Waals surface area (Å²) in [5.74, 6) is 1.26. The summed E-state index contributed by atoms with van der Waals surface area (Å²) in [4.78, 5) is 4.46. The molecule has 3 heterocycles. The fraction of sp³-hybridized carbons (Fsp3) is 0.429. The summed E-state index contributed by atoms with van der Waals surface area (Å²) in [7, 11) is 0. The Hall–Kier alpha value is -1.72. The first kappa shape index (κ1) is 11.1. The van der Waals surface area contributed by atoms with Gasteiger partial charge in [-0.1, -0.05) is 11.2 Å². The molecule has 4 rings (SSSR count).